The van der Waals surface area contributed by atoms with Crippen molar-refractivity contribution in [3.63, 3.8) is 0 Å². The molecule has 13 fully saturated rings. The van der Waals surface area contributed by atoms with Crippen LogP contribution in [-0.4, -0.2) is 11.2 Å². The Bertz CT molecular complexity index is 665. The van der Waals surface area contributed by atoms with Gasteiger partial charge in [0.25, 0.3) is 0 Å². The average Bonchev–Trinajstić information content (AvgIpc) is 3.20. The molecule has 1 nitrogen and oxygen atoms in total. The van der Waals surface area contributed by atoms with Crippen LogP contribution >= 0.6 is 0 Å². The molecule has 118 valence electrons. The molecule has 23 heavy (non-hydrogen) atoms. The molecule has 1 saturated heterocycles. The Morgan fingerprint density at radius 2 is 0.739 bits per heavy atom. The highest BCUT2D eigenvalue weighted by Gasteiger charge is 3.02. The van der Waals surface area contributed by atoms with Crippen molar-refractivity contribution in [2.75, 3.05) is 0 Å². The third kappa shape index (κ3) is 0.560. The zero-order valence-corrected chi connectivity index (χ0v) is 13.5. The molecule has 2 spiro atoms. The lowest BCUT2D eigenvalue weighted by Crippen LogP contribution is -2.37. The van der Waals surface area contributed by atoms with Crippen molar-refractivity contribution < 1.29 is 4.74 Å². The average molecular weight is 304 g/mol. The summed E-state index contributed by atoms with van der Waals surface area (Å²) >= 11 is 0. The number of hydrogen-bond acceptors (Lipinski definition) is 1. The zero-order valence-electron chi connectivity index (χ0n) is 13.5. The Labute approximate surface area is 136 Å². The van der Waals surface area contributed by atoms with Crippen LogP contribution in [0.25, 0.3) is 0 Å². The van der Waals surface area contributed by atoms with Gasteiger partial charge in [0.05, 0.1) is 0 Å². The Hall–Kier alpha value is -0.0400. The van der Waals surface area contributed by atoms with Gasteiger partial charge in [-0.05, 0) is 120 Å². The fourth-order valence-electron chi connectivity index (χ4n) is 14.9. The second-order valence-electron chi connectivity index (χ2n) is 12.4. The molecule has 16 atom stereocenters. The molecule has 0 aromatic heterocycles. The third-order valence-corrected chi connectivity index (χ3v) is 13.6. The maximum atomic E-state index is 7.34. The SMILES string of the molecule is C1[C@@H]2[C@@H]3[C@H]4C[C@@H]5[C@H]([C@@H]14)[C@H]2C1(OC12[C@@H]1[C@H]4C[C@@H]6[C@H]7C[C@@H]([C@@H]61)[C@@H]2[C@H]74)[C@@H]53. The summed E-state index contributed by atoms with van der Waals surface area (Å²) in [5, 5.41) is 0. The van der Waals surface area contributed by atoms with Gasteiger partial charge in [-0.1, -0.05) is 0 Å². The van der Waals surface area contributed by atoms with Gasteiger partial charge in [0, 0.05) is 0 Å². The lowest BCUT2D eigenvalue weighted by molar-refractivity contribution is 0.132. The molecule has 13 aliphatic rings. The largest absolute Gasteiger partial charge is 0.361 e. The molecule has 12 saturated carbocycles. The highest BCUT2D eigenvalue weighted by molar-refractivity contribution is 5.49. The van der Waals surface area contributed by atoms with E-state index < -0.39 is 0 Å². The van der Waals surface area contributed by atoms with Crippen molar-refractivity contribution in [2.24, 2.45) is 94.7 Å². The lowest BCUT2D eigenvalue weighted by Gasteiger charge is -2.33. The Morgan fingerprint density at radius 1 is 0.435 bits per heavy atom. The van der Waals surface area contributed by atoms with E-state index in [1.165, 1.54) is 47.3 Å². The first-order chi connectivity index (χ1) is 11.4. The van der Waals surface area contributed by atoms with Gasteiger partial charge in [-0.2, -0.15) is 0 Å². The van der Waals surface area contributed by atoms with E-state index in [-0.39, 0.29) is 0 Å². The molecule has 1 heterocycles. The van der Waals surface area contributed by atoms with Crippen molar-refractivity contribution in [3.05, 3.63) is 0 Å². The minimum absolute atomic E-state index is 0.501. The van der Waals surface area contributed by atoms with Crippen molar-refractivity contribution in [2.45, 2.75) is 36.9 Å². The zero-order chi connectivity index (χ0) is 13.8. The van der Waals surface area contributed by atoms with Crippen LogP contribution < -0.4 is 0 Å². The van der Waals surface area contributed by atoms with Crippen LogP contribution in [0.4, 0.5) is 0 Å². The molecule has 0 aromatic carbocycles. The second-order valence-corrected chi connectivity index (χ2v) is 12.4. The fraction of sp³-hybridized carbons (Fsp3) is 1.00. The molecule has 0 radical (unpaired) electrons. The fourth-order valence-corrected chi connectivity index (χ4v) is 14.9. The Balaban J connectivity index is 1.23. The monoisotopic (exact) mass is 304 g/mol. The van der Waals surface area contributed by atoms with Gasteiger partial charge in [-0.25, -0.2) is 0 Å². The molecular weight excluding hydrogens is 280 g/mol. The molecule has 0 unspecified atom stereocenters. The quantitative estimate of drug-likeness (QED) is 0.627. The highest BCUT2D eigenvalue weighted by atomic mass is 16.6. The van der Waals surface area contributed by atoms with Gasteiger partial charge in [0.1, 0.15) is 11.2 Å². The van der Waals surface area contributed by atoms with E-state index >= 15 is 0 Å². The summed E-state index contributed by atoms with van der Waals surface area (Å²) in [6.07, 6.45) is 6.61. The van der Waals surface area contributed by atoms with Gasteiger partial charge >= 0.3 is 0 Å². The minimum atomic E-state index is 0.501. The third-order valence-electron chi connectivity index (χ3n) is 13.6. The van der Waals surface area contributed by atoms with E-state index in [1.54, 1.807) is 25.7 Å². The summed E-state index contributed by atoms with van der Waals surface area (Å²) in [5.74, 6) is 18.4. The molecule has 0 aromatic rings. The number of ether oxygens (including phenoxy) is 1. The van der Waals surface area contributed by atoms with Crippen molar-refractivity contribution in [3.8, 4) is 0 Å². The van der Waals surface area contributed by atoms with Gasteiger partial charge < -0.3 is 4.74 Å². The molecule has 1 heteroatoms. The predicted molar refractivity (Wildman–Crippen MR) is 80.9 cm³/mol. The Morgan fingerprint density at radius 3 is 1.04 bits per heavy atom. The van der Waals surface area contributed by atoms with Gasteiger partial charge in [0.15, 0.2) is 0 Å². The maximum absolute atomic E-state index is 7.34. The van der Waals surface area contributed by atoms with Gasteiger partial charge in [0.2, 0.25) is 0 Å². The molecule has 0 amide bonds. The summed E-state index contributed by atoms with van der Waals surface area (Å²) in [7, 11) is 0. The summed E-state index contributed by atoms with van der Waals surface area (Å²) in [5.41, 5.74) is 1.00. The second kappa shape index (κ2) is 2.29. The summed E-state index contributed by atoms with van der Waals surface area (Å²) in [6, 6.07) is 0. The number of epoxide rings is 1. The normalized spacial score (nSPS) is 97.0. The summed E-state index contributed by atoms with van der Waals surface area (Å²) < 4.78 is 7.34. The first kappa shape index (κ1) is 10.2. The van der Waals surface area contributed by atoms with E-state index in [9.17, 15) is 0 Å². The molecule has 0 N–H and O–H groups in total. The van der Waals surface area contributed by atoms with Crippen LogP contribution in [0.15, 0.2) is 0 Å². The van der Waals surface area contributed by atoms with Crippen molar-refractivity contribution in [1.82, 2.24) is 0 Å². The van der Waals surface area contributed by atoms with E-state index in [2.05, 4.69) is 0 Å². The Kier molecular flexibility index (Phi) is 1.01. The molecule has 13 rings (SSSR count). The van der Waals surface area contributed by atoms with Crippen molar-refractivity contribution in [1.29, 1.82) is 0 Å². The predicted octanol–water partition coefficient (Wildman–Crippen LogP) is 3.05. The number of hydrogen-bond donors (Lipinski definition) is 0. The molecule has 12 aliphatic carbocycles. The molecular formula is C22H24O. The van der Waals surface area contributed by atoms with Crippen LogP contribution in [0.3, 0.4) is 0 Å². The lowest BCUT2D eigenvalue weighted by atomic mass is 9.71. The number of rotatable bonds is 0. The van der Waals surface area contributed by atoms with Gasteiger partial charge in [-0.15, -0.1) is 0 Å². The maximum Gasteiger partial charge on any atom is 0.105 e. The standard InChI is InChI=1S/C22H24O/c1-5-6-2-10-13(5)17-9(1)14(6)18(10)21(17)22(23-21)19-11-3-7-8-4-12(15(7)19)20(22)16(8)11/h5-20H,1-4H2/t5-,6-,7+,8+,9+,10+,11-,12-,13-,14-,15+,16+,17-,18-,19+,20+. The minimum Gasteiger partial charge on any atom is -0.361 e. The topological polar surface area (TPSA) is 12.5 Å². The first-order valence-electron chi connectivity index (χ1n) is 11.1. The first-order valence-corrected chi connectivity index (χ1v) is 11.1. The summed E-state index contributed by atoms with van der Waals surface area (Å²) in [4.78, 5) is 0. The summed E-state index contributed by atoms with van der Waals surface area (Å²) in [6.45, 7) is 0. The van der Waals surface area contributed by atoms with E-state index in [0.717, 1.165) is 47.3 Å². The van der Waals surface area contributed by atoms with Crippen LogP contribution in [0.1, 0.15) is 25.7 Å². The van der Waals surface area contributed by atoms with Crippen molar-refractivity contribution >= 4 is 0 Å². The van der Waals surface area contributed by atoms with Crippen LogP contribution in [0.5, 0.6) is 0 Å². The van der Waals surface area contributed by atoms with E-state index in [4.69, 9.17) is 4.74 Å². The van der Waals surface area contributed by atoms with Crippen LogP contribution in [-0.2, 0) is 4.74 Å². The highest BCUT2D eigenvalue weighted by Crippen LogP contribution is 2.98. The van der Waals surface area contributed by atoms with Crippen LogP contribution in [0.2, 0.25) is 0 Å². The van der Waals surface area contributed by atoms with E-state index in [1.807, 2.05) is 0 Å². The van der Waals surface area contributed by atoms with Gasteiger partial charge in [-0.3, -0.25) is 0 Å². The smallest absolute Gasteiger partial charge is 0.105 e. The molecule has 12 bridgehead atoms. The van der Waals surface area contributed by atoms with Crippen LogP contribution in [0, 0.1) is 94.7 Å². The molecule has 1 aliphatic heterocycles. The van der Waals surface area contributed by atoms with E-state index in [0.29, 0.717) is 11.2 Å².